The van der Waals surface area contributed by atoms with Gasteiger partial charge in [-0.25, -0.2) is 4.98 Å². The molecule has 3 aromatic rings. The molecule has 3 rings (SSSR count). The Morgan fingerprint density at radius 2 is 2.04 bits per heavy atom. The number of fused-ring (bicyclic) bond motifs is 1. The zero-order chi connectivity index (χ0) is 17.8. The van der Waals surface area contributed by atoms with Crippen molar-refractivity contribution in [3.05, 3.63) is 52.2 Å². The Balaban J connectivity index is 1.89. The van der Waals surface area contributed by atoms with Gasteiger partial charge < -0.3 is 4.90 Å². The summed E-state index contributed by atoms with van der Waals surface area (Å²) in [5, 5.41) is 2.76. The van der Waals surface area contributed by atoms with Crippen LogP contribution in [0.25, 0.3) is 16.3 Å². The second-order valence-electron chi connectivity index (χ2n) is 6.06. The van der Waals surface area contributed by atoms with Crippen LogP contribution in [0.2, 0.25) is 0 Å². The number of anilines is 1. The third-order valence-corrected chi connectivity index (χ3v) is 5.69. The van der Waals surface area contributed by atoms with E-state index in [0.717, 1.165) is 32.3 Å². The lowest BCUT2D eigenvalue weighted by molar-refractivity contribution is -0.114. The summed E-state index contributed by atoms with van der Waals surface area (Å²) in [6.45, 7) is 3.45. The van der Waals surface area contributed by atoms with Gasteiger partial charge in [-0.1, -0.05) is 29.5 Å². The molecule has 0 spiro atoms. The van der Waals surface area contributed by atoms with Crippen molar-refractivity contribution in [1.82, 2.24) is 9.88 Å². The highest BCUT2D eigenvalue weighted by Crippen LogP contribution is 2.30. The van der Waals surface area contributed by atoms with Gasteiger partial charge in [0.2, 0.25) is 0 Å². The van der Waals surface area contributed by atoms with E-state index in [9.17, 15) is 4.79 Å². The van der Waals surface area contributed by atoms with Gasteiger partial charge in [-0.15, -0.1) is 11.3 Å². The SMILES string of the molecule is Cc1cccc2sc(N(CCN(C)C)C(=O)/C=C/c3cccs3)nc12. The summed E-state index contributed by atoms with van der Waals surface area (Å²) in [5.74, 6) is -0.0352. The van der Waals surface area contributed by atoms with Crippen molar-refractivity contribution in [3.8, 4) is 0 Å². The van der Waals surface area contributed by atoms with Crippen molar-refractivity contribution in [2.24, 2.45) is 0 Å². The fourth-order valence-corrected chi connectivity index (χ4v) is 4.11. The van der Waals surface area contributed by atoms with Crippen LogP contribution in [0.1, 0.15) is 10.4 Å². The minimum Gasteiger partial charge on any atom is -0.308 e. The summed E-state index contributed by atoms with van der Waals surface area (Å²) in [7, 11) is 4.01. The normalized spacial score (nSPS) is 11.7. The van der Waals surface area contributed by atoms with Crippen molar-refractivity contribution in [2.45, 2.75) is 6.92 Å². The van der Waals surface area contributed by atoms with Crippen molar-refractivity contribution in [3.63, 3.8) is 0 Å². The summed E-state index contributed by atoms with van der Waals surface area (Å²) < 4.78 is 1.11. The molecule has 0 bridgehead atoms. The molecule has 4 nitrogen and oxygen atoms in total. The molecule has 1 amide bonds. The number of benzene rings is 1. The number of rotatable bonds is 6. The first-order valence-corrected chi connectivity index (χ1v) is 9.78. The number of aryl methyl sites for hydroxylation is 1. The average Bonchev–Trinajstić information content (AvgIpc) is 3.22. The third kappa shape index (κ3) is 4.34. The molecule has 130 valence electrons. The van der Waals surface area contributed by atoms with Crippen molar-refractivity contribution < 1.29 is 4.79 Å². The lowest BCUT2D eigenvalue weighted by atomic mass is 10.2. The number of thiazole rings is 1. The van der Waals surface area contributed by atoms with Crippen LogP contribution in [0.3, 0.4) is 0 Å². The van der Waals surface area contributed by atoms with Gasteiger partial charge in [0, 0.05) is 24.0 Å². The van der Waals surface area contributed by atoms with Crippen LogP contribution < -0.4 is 4.90 Å². The van der Waals surface area contributed by atoms with Crippen LogP contribution in [-0.2, 0) is 4.79 Å². The van der Waals surface area contributed by atoms with Gasteiger partial charge in [0.15, 0.2) is 5.13 Å². The molecule has 0 aliphatic heterocycles. The number of hydrogen-bond acceptors (Lipinski definition) is 5. The van der Waals surface area contributed by atoms with Crippen LogP contribution in [0.15, 0.2) is 41.8 Å². The number of para-hydroxylation sites is 1. The first-order valence-electron chi connectivity index (χ1n) is 8.08. The van der Waals surface area contributed by atoms with Crippen molar-refractivity contribution >= 4 is 50.0 Å². The third-order valence-electron chi connectivity index (χ3n) is 3.81. The van der Waals surface area contributed by atoms with Crippen LogP contribution >= 0.6 is 22.7 Å². The molecule has 0 aliphatic rings. The maximum atomic E-state index is 12.8. The molecule has 0 saturated carbocycles. The Labute approximate surface area is 156 Å². The molecular formula is C19H21N3OS2. The molecule has 2 heterocycles. The summed E-state index contributed by atoms with van der Waals surface area (Å²) in [5.41, 5.74) is 2.11. The van der Waals surface area contributed by atoms with E-state index < -0.39 is 0 Å². The fraction of sp³-hybridized carbons (Fsp3) is 0.263. The molecular weight excluding hydrogens is 350 g/mol. The largest absolute Gasteiger partial charge is 0.308 e. The predicted molar refractivity (Wildman–Crippen MR) is 109 cm³/mol. The van der Waals surface area contributed by atoms with E-state index in [-0.39, 0.29) is 5.91 Å². The molecule has 0 aliphatic carbocycles. The lowest BCUT2D eigenvalue weighted by Gasteiger charge is -2.20. The summed E-state index contributed by atoms with van der Waals surface area (Å²) in [4.78, 5) is 22.4. The maximum Gasteiger partial charge on any atom is 0.252 e. The van der Waals surface area contributed by atoms with Crippen LogP contribution in [0.5, 0.6) is 0 Å². The smallest absolute Gasteiger partial charge is 0.252 e. The fourth-order valence-electron chi connectivity index (χ4n) is 2.42. The standard InChI is InChI=1S/C19H21N3OS2/c1-14-6-4-8-16-18(14)20-19(25-16)22(12-11-21(2)3)17(23)10-9-15-7-5-13-24-15/h4-10,13H,11-12H2,1-3H3/b10-9+. The topological polar surface area (TPSA) is 36.4 Å². The number of thiophene rings is 1. The number of likely N-dealkylation sites (N-methyl/N-ethyl adjacent to an activating group) is 1. The van der Waals surface area contributed by atoms with Crippen molar-refractivity contribution in [2.75, 3.05) is 32.1 Å². The van der Waals surface area contributed by atoms with E-state index in [1.54, 1.807) is 33.6 Å². The van der Waals surface area contributed by atoms with E-state index in [1.165, 1.54) is 0 Å². The highest BCUT2D eigenvalue weighted by molar-refractivity contribution is 7.22. The van der Waals surface area contributed by atoms with Gasteiger partial charge in [-0.05, 0) is 50.2 Å². The minimum atomic E-state index is -0.0352. The van der Waals surface area contributed by atoms with Gasteiger partial charge in [-0.3, -0.25) is 9.69 Å². The Morgan fingerprint density at radius 1 is 1.20 bits per heavy atom. The van der Waals surface area contributed by atoms with Gasteiger partial charge in [0.1, 0.15) is 0 Å². The molecule has 25 heavy (non-hydrogen) atoms. The minimum absolute atomic E-state index is 0.0352. The molecule has 1 aromatic carbocycles. The Kier molecular flexibility index (Phi) is 5.63. The zero-order valence-electron chi connectivity index (χ0n) is 14.6. The van der Waals surface area contributed by atoms with E-state index in [0.29, 0.717) is 6.54 Å². The first kappa shape index (κ1) is 17.8. The number of carbonyl (C=O) groups is 1. The van der Waals surface area contributed by atoms with Gasteiger partial charge >= 0.3 is 0 Å². The summed E-state index contributed by atoms with van der Waals surface area (Å²) in [6, 6.07) is 10.1. The quantitative estimate of drug-likeness (QED) is 0.607. The number of hydrogen-bond donors (Lipinski definition) is 0. The summed E-state index contributed by atoms with van der Waals surface area (Å²) in [6.07, 6.45) is 3.51. The molecule has 0 fully saturated rings. The summed E-state index contributed by atoms with van der Waals surface area (Å²) >= 11 is 3.18. The van der Waals surface area contributed by atoms with Crippen LogP contribution in [0, 0.1) is 6.92 Å². The van der Waals surface area contributed by atoms with Crippen LogP contribution in [-0.4, -0.2) is 43.0 Å². The Bertz CT molecular complexity index is 881. The van der Waals surface area contributed by atoms with Crippen LogP contribution in [0.4, 0.5) is 5.13 Å². The first-order chi connectivity index (χ1) is 12.0. The Hall–Kier alpha value is -2.02. The molecule has 0 saturated heterocycles. The zero-order valence-corrected chi connectivity index (χ0v) is 16.2. The van der Waals surface area contributed by atoms with E-state index >= 15 is 0 Å². The highest BCUT2D eigenvalue weighted by atomic mass is 32.1. The number of nitrogens with zero attached hydrogens (tertiary/aromatic N) is 3. The van der Waals surface area contributed by atoms with E-state index in [2.05, 4.69) is 24.0 Å². The van der Waals surface area contributed by atoms with E-state index in [1.807, 2.05) is 43.8 Å². The van der Waals surface area contributed by atoms with Gasteiger partial charge in [-0.2, -0.15) is 0 Å². The van der Waals surface area contributed by atoms with Crippen molar-refractivity contribution in [1.29, 1.82) is 0 Å². The maximum absolute atomic E-state index is 12.8. The van der Waals surface area contributed by atoms with Gasteiger partial charge in [0.25, 0.3) is 5.91 Å². The second kappa shape index (κ2) is 7.91. The molecule has 0 N–H and O–H groups in total. The number of aromatic nitrogens is 1. The second-order valence-corrected chi connectivity index (χ2v) is 8.05. The molecule has 2 aromatic heterocycles. The molecule has 0 radical (unpaired) electrons. The average molecular weight is 372 g/mol. The predicted octanol–water partition coefficient (Wildman–Crippen LogP) is 4.27. The highest BCUT2D eigenvalue weighted by Gasteiger charge is 2.18. The Morgan fingerprint density at radius 3 is 2.72 bits per heavy atom. The monoisotopic (exact) mass is 371 g/mol. The lowest BCUT2D eigenvalue weighted by Crippen LogP contribution is -2.35. The number of carbonyl (C=O) groups excluding carboxylic acids is 1. The number of amides is 1. The molecule has 6 heteroatoms. The molecule has 0 atom stereocenters. The van der Waals surface area contributed by atoms with E-state index in [4.69, 9.17) is 4.98 Å². The van der Waals surface area contributed by atoms with Gasteiger partial charge in [0.05, 0.1) is 10.2 Å². The molecule has 0 unspecified atom stereocenters.